The molecule has 7 atom stereocenters. The zero-order valence-electron chi connectivity index (χ0n) is 34.2. The van der Waals surface area contributed by atoms with E-state index in [0.29, 0.717) is 24.4 Å². The third-order valence-electron chi connectivity index (χ3n) is 11.7. The van der Waals surface area contributed by atoms with Gasteiger partial charge in [0.15, 0.2) is 0 Å². The molecule has 1 saturated carbocycles. The summed E-state index contributed by atoms with van der Waals surface area (Å²) in [6.45, 7) is 10.2. The lowest BCUT2D eigenvalue weighted by atomic mass is 9.74. The van der Waals surface area contributed by atoms with Gasteiger partial charge in [0.05, 0.1) is 54.7 Å². The van der Waals surface area contributed by atoms with Crippen LogP contribution in [-0.4, -0.2) is 116 Å². The van der Waals surface area contributed by atoms with Gasteiger partial charge in [0.2, 0.25) is 23.6 Å². The minimum atomic E-state index is -0.743. The molecule has 0 bridgehead atoms. The Morgan fingerprint density at radius 3 is 2.30 bits per heavy atom. The van der Waals surface area contributed by atoms with Crippen LogP contribution in [0, 0.1) is 29.1 Å². The largest absolute Gasteiger partial charge is 0.399 e. The van der Waals surface area contributed by atoms with Crippen LogP contribution in [0.5, 0.6) is 0 Å². The number of nitrogens with two attached hydrogens (primary N) is 1. The zero-order chi connectivity index (χ0) is 40.3. The van der Waals surface area contributed by atoms with Gasteiger partial charge in [-0.1, -0.05) is 53.2 Å². The molecule has 4 N–H and O–H groups in total. The van der Waals surface area contributed by atoms with Gasteiger partial charge in [-0.15, -0.1) is 0 Å². The fourth-order valence-corrected chi connectivity index (χ4v) is 8.04. The van der Waals surface area contributed by atoms with Crippen molar-refractivity contribution >= 4 is 35.4 Å². The van der Waals surface area contributed by atoms with Crippen molar-refractivity contribution in [3.8, 4) is 6.07 Å². The first-order valence-corrected chi connectivity index (χ1v) is 19.4. The van der Waals surface area contributed by atoms with Crippen LogP contribution in [0.3, 0.4) is 0 Å². The Labute approximate surface area is 322 Å². The van der Waals surface area contributed by atoms with Gasteiger partial charge in [0.1, 0.15) is 6.04 Å². The summed E-state index contributed by atoms with van der Waals surface area (Å²) in [5.41, 5.74) is 7.08. The number of carbonyl (C=O) groups excluding carboxylic acids is 4. The molecule has 2 aliphatic rings. The van der Waals surface area contributed by atoms with Gasteiger partial charge in [0.25, 0.3) is 0 Å². The van der Waals surface area contributed by atoms with Crippen LogP contribution in [-0.2, 0) is 28.7 Å². The van der Waals surface area contributed by atoms with E-state index >= 15 is 0 Å². The summed E-state index contributed by atoms with van der Waals surface area (Å²) < 4.78 is 12.0. The summed E-state index contributed by atoms with van der Waals surface area (Å²) in [6, 6.07) is 7.71. The third kappa shape index (κ3) is 10.4. The number of hydrogen-bond donors (Lipinski definition) is 3. The van der Waals surface area contributed by atoms with Gasteiger partial charge in [-0.25, -0.2) is 0 Å². The lowest BCUT2D eigenvalue weighted by molar-refractivity contribution is -0.149. The molecule has 1 heterocycles. The first kappa shape index (κ1) is 44.4. The number of nitrogen functional groups attached to an aromatic ring is 1. The lowest BCUT2D eigenvalue weighted by Crippen LogP contribution is -2.65. The molecule has 0 spiro atoms. The van der Waals surface area contributed by atoms with E-state index in [1.165, 1.54) is 0 Å². The molecule has 1 aromatic rings. The summed E-state index contributed by atoms with van der Waals surface area (Å²) in [7, 11) is 8.65. The van der Waals surface area contributed by atoms with Crippen LogP contribution in [0.15, 0.2) is 30.0 Å². The Balaban J connectivity index is 1.79. The number of nitrogens with one attached hydrogen (secondary N) is 2. The second-order valence-corrected chi connectivity index (χ2v) is 15.7. The van der Waals surface area contributed by atoms with E-state index in [4.69, 9.17) is 15.2 Å². The number of likely N-dealkylation sites (N-methyl/N-ethyl adjacent to an activating group) is 2. The summed E-state index contributed by atoms with van der Waals surface area (Å²) in [6.07, 6.45) is 5.10. The molecule has 13 heteroatoms. The maximum absolute atomic E-state index is 14.3. The number of benzene rings is 1. The Morgan fingerprint density at radius 1 is 1.09 bits per heavy atom. The van der Waals surface area contributed by atoms with Crippen LogP contribution in [0.25, 0.3) is 6.08 Å². The Kier molecular flexibility index (Phi) is 16.5. The molecule has 1 saturated heterocycles. The predicted octanol–water partition coefficient (Wildman–Crippen LogP) is 4.18. The summed E-state index contributed by atoms with van der Waals surface area (Å²) in [5, 5.41) is 15.4. The van der Waals surface area contributed by atoms with Crippen LogP contribution >= 0.6 is 0 Å². The van der Waals surface area contributed by atoms with Crippen molar-refractivity contribution in [3.05, 3.63) is 35.5 Å². The number of allylic oxidation sites excluding steroid dienone is 1. The van der Waals surface area contributed by atoms with Gasteiger partial charge in [-0.3, -0.25) is 24.1 Å². The number of anilines is 1. The van der Waals surface area contributed by atoms with Gasteiger partial charge in [0, 0.05) is 39.2 Å². The fourth-order valence-electron chi connectivity index (χ4n) is 8.04. The highest BCUT2D eigenvalue weighted by Crippen LogP contribution is 2.37. The van der Waals surface area contributed by atoms with Gasteiger partial charge >= 0.3 is 0 Å². The standard InChI is InChI=1S/C41H65N7O6/c1-11-27(4)36(47(8)39(51)35(26(2)3)45-40(52)41(46(6)7)19-14-20-41)33(53-9)25-34(49)48-22-13-17-32(48)37(54-10)28(5)38(50)44-31(18-21-42)24-29-15-12-16-30(43)23-29/h12,15-16,23-24,26-28,32-33,35-37H,11,13-14,17-20,22,25,43H2,1-10H3,(H,44,50)(H,45,52)/b31-24+/t27-,28+,32-,33+,35-,36-,37+/m0/s1. The Hall–Kier alpha value is -3.99. The molecular formula is C41H65N7O6. The van der Waals surface area contributed by atoms with E-state index in [0.717, 1.165) is 37.7 Å². The minimum Gasteiger partial charge on any atom is -0.399 e. The second kappa shape index (κ2) is 20.1. The molecule has 0 unspecified atom stereocenters. The van der Waals surface area contributed by atoms with E-state index < -0.39 is 35.7 Å². The number of amides is 4. The second-order valence-electron chi connectivity index (χ2n) is 15.7. The van der Waals surface area contributed by atoms with Crippen molar-refractivity contribution in [2.45, 2.75) is 122 Å². The highest BCUT2D eigenvalue weighted by atomic mass is 16.5. The van der Waals surface area contributed by atoms with Crippen LogP contribution in [0.1, 0.15) is 91.5 Å². The Bertz CT molecular complexity index is 1520. The van der Waals surface area contributed by atoms with E-state index in [-0.39, 0.29) is 54.3 Å². The van der Waals surface area contributed by atoms with Gasteiger partial charge < -0.3 is 35.6 Å². The molecule has 54 heavy (non-hydrogen) atoms. The van der Waals surface area contributed by atoms with E-state index in [1.54, 1.807) is 62.3 Å². The van der Waals surface area contributed by atoms with E-state index in [1.807, 2.05) is 52.8 Å². The number of likely N-dealkylation sites (tertiary alicyclic amines) is 1. The predicted molar refractivity (Wildman–Crippen MR) is 210 cm³/mol. The van der Waals surface area contributed by atoms with Crippen LogP contribution < -0.4 is 16.4 Å². The maximum Gasteiger partial charge on any atom is 0.245 e. The van der Waals surface area contributed by atoms with Gasteiger partial charge in [-0.2, -0.15) is 5.26 Å². The molecule has 300 valence electrons. The van der Waals surface area contributed by atoms with Crippen molar-refractivity contribution in [1.82, 2.24) is 25.3 Å². The van der Waals surface area contributed by atoms with Crippen molar-refractivity contribution < 1.29 is 28.7 Å². The molecule has 1 aliphatic carbocycles. The molecule has 0 radical (unpaired) electrons. The van der Waals surface area contributed by atoms with Crippen molar-refractivity contribution in [3.63, 3.8) is 0 Å². The molecule has 4 amide bonds. The average Bonchev–Trinajstić information content (AvgIpc) is 3.59. The topological polar surface area (TPSA) is 170 Å². The van der Waals surface area contributed by atoms with Crippen molar-refractivity contribution in [2.24, 2.45) is 17.8 Å². The van der Waals surface area contributed by atoms with Crippen LogP contribution in [0.2, 0.25) is 0 Å². The molecule has 13 nitrogen and oxygen atoms in total. The van der Waals surface area contributed by atoms with E-state index in [2.05, 4.69) is 16.7 Å². The first-order valence-electron chi connectivity index (χ1n) is 19.4. The SMILES string of the molecule is CC[C@H](C)[C@@H]([C@@H](CC(=O)N1CCC[C@H]1[C@H](OC)[C@@H](C)C(=O)N/C(=C/c1cccc(N)c1)CC#N)OC)N(C)C(=O)[C@@H](NC(=O)C1(N(C)C)CCC1)C(C)C. The average molecular weight is 752 g/mol. The molecule has 1 aliphatic heterocycles. The third-order valence-corrected chi connectivity index (χ3v) is 11.7. The molecule has 2 fully saturated rings. The monoisotopic (exact) mass is 751 g/mol. The van der Waals surface area contributed by atoms with Crippen LogP contribution in [0.4, 0.5) is 5.69 Å². The number of carbonyl (C=O) groups is 4. The smallest absolute Gasteiger partial charge is 0.245 e. The van der Waals surface area contributed by atoms with Crippen molar-refractivity contribution in [1.29, 1.82) is 5.26 Å². The molecule has 1 aromatic carbocycles. The summed E-state index contributed by atoms with van der Waals surface area (Å²) in [4.78, 5) is 61.1. The zero-order valence-corrected chi connectivity index (χ0v) is 34.2. The van der Waals surface area contributed by atoms with Gasteiger partial charge in [-0.05, 0) is 81.8 Å². The highest BCUT2D eigenvalue weighted by molar-refractivity contribution is 5.93. The quantitative estimate of drug-likeness (QED) is 0.176. The number of rotatable bonds is 19. The first-order chi connectivity index (χ1) is 25.6. The molecule has 0 aromatic heterocycles. The number of ether oxygens (including phenoxy) is 2. The number of methoxy groups -OCH3 is 2. The molecular weight excluding hydrogens is 686 g/mol. The lowest BCUT2D eigenvalue weighted by Gasteiger charge is -2.46. The number of hydrogen-bond acceptors (Lipinski definition) is 9. The number of nitrogens with zero attached hydrogens (tertiary/aromatic N) is 4. The summed E-state index contributed by atoms with van der Waals surface area (Å²) in [5.74, 6) is -1.65. The number of nitriles is 1. The molecule has 3 rings (SSSR count). The summed E-state index contributed by atoms with van der Waals surface area (Å²) >= 11 is 0. The van der Waals surface area contributed by atoms with E-state index in [9.17, 15) is 24.4 Å². The normalized spacial score (nSPS) is 20.2. The van der Waals surface area contributed by atoms with Crippen molar-refractivity contribution in [2.75, 3.05) is 47.6 Å². The Morgan fingerprint density at radius 2 is 1.78 bits per heavy atom. The highest BCUT2D eigenvalue weighted by Gasteiger charge is 2.48. The minimum absolute atomic E-state index is 0.00714. The fraction of sp³-hybridized carbons (Fsp3) is 0.683. The maximum atomic E-state index is 14.3.